The number of nitrogens with one attached hydrogen (secondary N) is 2. The summed E-state index contributed by atoms with van der Waals surface area (Å²) in [6, 6.07) is 0.777. The standard InChI is InChI=1S/C12H24N2/c1-12(7-3-5-9-14-12)10-11-6-2-4-8-13-11/h11,13-14H,2-10H2,1H3. The summed E-state index contributed by atoms with van der Waals surface area (Å²) in [5.74, 6) is 0. The van der Waals surface area contributed by atoms with E-state index in [4.69, 9.17) is 0 Å². The van der Waals surface area contributed by atoms with Gasteiger partial charge in [-0.3, -0.25) is 0 Å². The molecule has 0 bridgehead atoms. The third-order valence-corrected chi connectivity index (χ3v) is 3.82. The van der Waals surface area contributed by atoms with E-state index in [0.717, 1.165) is 6.04 Å². The third-order valence-electron chi connectivity index (χ3n) is 3.82. The fourth-order valence-corrected chi connectivity index (χ4v) is 2.93. The lowest BCUT2D eigenvalue weighted by atomic mass is 9.83. The Morgan fingerprint density at radius 2 is 2.00 bits per heavy atom. The van der Waals surface area contributed by atoms with Crippen LogP contribution in [-0.2, 0) is 0 Å². The first kappa shape index (κ1) is 10.4. The molecule has 0 amide bonds. The first-order chi connectivity index (χ1) is 6.79. The van der Waals surface area contributed by atoms with Crippen LogP contribution in [0.25, 0.3) is 0 Å². The highest BCUT2D eigenvalue weighted by atomic mass is 15.0. The Morgan fingerprint density at radius 3 is 2.64 bits per heavy atom. The van der Waals surface area contributed by atoms with Crippen LogP contribution in [0.2, 0.25) is 0 Å². The highest BCUT2D eigenvalue weighted by Crippen LogP contribution is 2.26. The molecule has 2 fully saturated rings. The Bertz CT molecular complexity index is 167. The topological polar surface area (TPSA) is 24.1 Å². The van der Waals surface area contributed by atoms with Crippen LogP contribution >= 0.6 is 0 Å². The lowest BCUT2D eigenvalue weighted by Gasteiger charge is -2.39. The molecule has 0 spiro atoms. The van der Waals surface area contributed by atoms with Crippen molar-refractivity contribution in [2.75, 3.05) is 13.1 Å². The summed E-state index contributed by atoms with van der Waals surface area (Å²) < 4.78 is 0. The smallest absolute Gasteiger partial charge is 0.0168 e. The van der Waals surface area contributed by atoms with Crippen molar-refractivity contribution in [3.63, 3.8) is 0 Å². The molecule has 2 heteroatoms. The van der Waals surface area contributed by atoms with Crippen LogP contribution in [0.3, 0.4) is 0 Å². The zero-order valence-electron chi connectivity index (χ0n) is 9.44. The number of hydrogen-bond donors (Lipinski definition) is 2. The van der Waals surface area contributed by atoms with Crippen LogP contribution in [0.15, 0.2) is 0 Å². The van der Waals surface area contributed by atoms with Gasteiger partial charge in [-0.1, -0.05) is 12.8 Å². The predicted molar refractivity (Wildman–Crippen MR) is 60.5 cm³/mol. The van der Waals surface area contributed by atoms with Crippen LogP contribution in [-0.4, -0.2) is 24.7 Å². The van der Waals surface area contributed by atoms with Gasteiger partial charge in [-0.05, 0) is 52.1 Å². The zero-order chi connectivity index (χ0) is 9.86. The quantitative estimate of drug-likeness (QED) is 0.706. The van der Waals surface area contributed by atoms with Gasteiger partial charge in [0.15, 0.2) is 0 Å². The minimum atomic E-state index is 0.424. The Labute approximate surface area is 87.8 Å². The molecule has 0 aromatic carbocycles. The fraction of sp³-hybridized carbons (Fsp3) is 1.00. The van der Waals surface area contributed by atoms with E-state index in [1.54, 1.807) is 0 Å². The van der Waals surface area contributed by atoms with Crippen molar-refractivity contribution in [2.24, 2.45) is 0 Å². The van der Waals surface area contributed by atoms with E-state index >= 15 is 0 Å². The van der Waals surface area contributed by atoms with Crippen LogP contribution in [0.1, 0.15) is 51.9 Å². The molecule has 2 saturated heterocycles. The second kappa shape index (κ2) is 4.63. The molecule has 82 valence electrons. The Balaban J connectivity index is 1.81. The van der Waals surface area contributed by atoms with Crippen LogP contribution < -0.4 is 10.6 Å². The van der Waals surface area contributed by atoms with Gasteiger partial charge in [-0.2, -0.15) is 0 Å². The molecule has 14 heavy (non-hydrogen) atoms. The Kier molecular flexibility index (Phi) is 3.45. The van der Waals surface area contributed by atoms with E-state index in [9.17, 15) is 0 Å². The van der Waals surface area contributed by atoms with E-state index in [1.807, 2.05) is 0 Å². The van der Waals surface area contributed by atoms with Crippen molar-refractivity contribution in [3.05, 3.63) is 0 Å². The van der Waals surface area contributed by atoms with Gasteiger partial charge in [0.05, 0.1) is 0 Å². The molecular weight excluding hydrogens is 172 g/mol. The third kappa shape index (κ3) is 2.71. The van der Waals surface area contributed by atoms with Crippen LogP contribution in [0.4, 0.5) is 0 Å². The lowest BCUT2D eigenvalue weighted by molar-refractivity contribution is 0.217. The molecule has 0 aromatic heterocycles. The molecule has 0 saturated carbocycles. The average Bonchev–Trinajstić information content (AvgIpc) is 2.19. The molecule has 2 aliphatic rings. The van der Waals surface area contributed by atoms with Gasteiger partial charge in [0.25, 0.3) is 0 Å². The van der Waals surface area contributed by atoms with E-state index in [0.29, 0.717) is 5.54 Å². The summed E-state index contributed by atoms with van der Waals surface area (Å²) in [5, 5.41) is 7.35. The molecule has 0 radical (unpaired) electrons. The normalized spacial score (nSPS) is 39.6. The SMILES string of the molecule is CC1(CC2CCCCN2)CCCCN1. The van der Waals surface area contributed by atoms with Crippen molar-refractivity contribution >= 4 is 0 Å². The van der Waals surface area contributed by atoms with Gasteiger partial charge in [0.1, 0.15) is 0 Å². The number of rotatable bonds is 2. The summed E-state index contributed by atoms with van der Waals surface area (Å²) in [6.07, 6.45) is 9.66. The van der Waals surface area contributed by atoms with E-state index in [1.165, 1.54) is 58.0 Å². The summed E-state index contributed by atoms with van der Waals surface area (Å²) in [4.78, 5) is 0. The van der Waals surface area contributed by atoms with Gasteiger partial charge >= 0.3 is 0 Å². The van der Waals surface area contributed by atoms with E-state index in [-0.39, 0.29) is 0 Å². The lowest BCUT2D eigenvalue weighted by Crippen LogP contribution is -2.51. The van der Waals surface area contributed by atoms with Gasteiger partial charge in [-0.25, -0.2) is 0 Å². The van der Waals surface area contributed by atoms with Crippen molar-refractivity contribution in [3.8, 4) is 0 Å². The molecule has 0 aromatic rings. The largest absolute Gasteiger partial charge is 0.314 e. The van der Waals surface area contributed by atoms with Crippen molar-refractivity contribution in [1.29, 1.82) is 0 Å². The van der Waals surface area contributed by atoms with Crippen molar-refractivity contribution in [1.82, 2.24) is 10.6 Å². The molecule has 2 nitrogen and oxygen atoms in total. The maximum atomic E-state index is 3.70. The first-order valence-corrected chi connectivity index (χ1v) is 6.27. The van der Waals surface area contributed by atoms with Gasteiger partial charge in [-0.15, -0.1) is 0 Å². The maximum absolute atomic E-state index is 3.70. The van der Waals surface area contributed by atoms with Crippen LogP contribution in [0, 0.1) is 0 Å². The molecule has 2 rings (SSSR count). The Hall–Kier alpha value is -0.0800. The number of piperidine rings is 2. The molecule has 2 aliphatic heterocycles. The van der Waals surface area contributed by atoms with Gasteiger partial charge in [0, 0.05) is 11.6 Å². The minimum Gasteiger partial charge on any atom is -0.314 e. The molecule has 0 aliphatic carbocycles. The second-order valence-electron chi connectivity index (χ2n) is 5.30. The molecule has 2 heterocycles. The molecule has 2 N–H and O–H groups in total. The summed E-state index contributed by atoms with van der Waals surface area (Å²) in [6.45, 7) is 4.87. The summed E-state index contributed by atoms with van der Waals surface area (Å²) in [5.41, 5.74) is 0.424. The summed E-state index contributed by atoms with van der Waals surface area (Å²) >= 11 is 0. The average molecular weight is 196 g/mol. The molecular formula is C12H24N2. The van der Waals surface area contributed by atoms with Crippen LogP contribution in [0.5, 0.6) is 0 Å². The van der Waals surface area contributed by atoms with Crippen molar-refractivity contribution in [2.45, 2.75) is 63.5 Å². The van der Waals surface area contributed by atoms with Gasteiger partial charge in [0.2, 0.25) is 0 Å². The molecule has 2 unspecified atom stereocenters. The number of hydrogen-bond acceptors (Lipinski definition) is 2. The molecule has 2 atom stereocenters. The minimum absolute atomic E-state index is 0.424. The van der Waals surface area contributed by atoms with Crippen molar-refractivity contribution < 1.29 is 0 Å². The zero-order valence-corrected chi connectivity index (χ0v) is 9.44. The monoisotopic (exact) mass is 196 g/mol. The second-order valence-corrected chi connectivity index (χ2v) is 5.30. The maximum Gasteiger partial charge on any atom is 0.0168 e. The Morgan fingerprint density at radius 1 is 1.14 bits per heavy atom. The highest BCUT2D eigenvalue weighted by Gasteiger charge is 2.29. The predicted octanol–water partition coefficient (Wildman–Crippen LogP) is 2.05. The first-order valence-electron chi connectivity index (χ1n) is 6.27. The van der Waals surface area contributed by atoms with E-state index < -0.39 is 0 Å². The van der Waals surface area contributed by atoms with E-state index in [2.05, 4.69) is 17.6 Å². The van der Waals surface area contributed by atoms with Gasteiger partial charge < -0.3 is 10.6 Å². The fourth-order valence-electron chi connectivity index (χ4n) is 2.93. The highest BCUT2D eigenvalue weighted by molar-refractivity contribution is 4.91. The summed E-state index contributed by atoms with van der Waals surface area (Å²) in [7, 11) is 0.